The minimum Gasteiger partial charge on any atom is -0.445 e. The molecule has 0 unspecified atom stereocenters. The van der Waals surface area contributed by atoms with Gasteiger partial charge in [0.1, 0.15) is 12.5 Å². The van der Waals surface area contributed by atoms with Gasteiger partial charge in [-0.05, 0) is 96.0 Å². The second kappa shape index (κ2) is 10.7. The van der Waals surface area contributed by atoms with E-state index in [0.717, 1.165) is 22.3 Å². The number of oxazole rings is 2. The lowest BCUT2D eigenvalue weighted by Gasteiger charge is -2.19. The average molecular weight is 591 g/mol. The van der Waals surface area contributed by atoms with E-state index in [9.17, 15) is 0 Å². The Bertz CT molecular complexity index is 2520. The minimum atomic E-state index is 0.604. The van der Waals surface area contributed by atoms with E-state index < -0.39 is 0 Å². The Labute approximate surface area is 265 Å². The van der Waals surface area contributed by atoms with Crippen molar-refractivity contribution < 1.29 is 8.83 Å². The highest BCUT2D eigenvalue weighted by atomic mass is 16.3. The first-order chi connectivity index (χ1) is 22.8. The predicted octanol–water partition coefficient (Wildman–Crippen LogP) is 11.5. The third-order valence-corrected chi connectivity index (χ3v) is 8.79. The third-order valence-electron chi connectivity index (χ3n) is 8.79. The van der Waals surface area contributed by atoms with Crippen molar-refractivity contribution in [3.8, 4) is 56.3 Å². The van der Waals surface area contributed by atoms with E-state index in [1.54, 1.807) is 24.9 Å². The smallest absolute Gasteiger partial charge is 0.225 e. The van der Waals surface area contributed by atoms with Gasteiger partial charge >= 0.3 is 0 Å². The molecule has 0 radical (unpaired) electrons. The fourth-order valence-corrected chi connectivity index (χ4v) is 6.79. The van der Waals surface area contributed by atoms with Gasteiger partial charge in [-0.1, -0.05) is 103 Å². The number of nitrogens with zero attached hydrogens (tertiary/aromatic N) is 2. The summed E-state index contributed by atoms with van der Waals surface area (Å²) in [4.78, 5) is 8.85. The highest BCUT2D eigenvalue weighted by molar-refractivity contribution is 6.22. The normalized spacial score (nSPS) is 11.5. The molecule has 9 aromatic rings. The number of aromatic nitrogens is 2. The van der Waals surface area contributed by atoms with E-state index in [1.807, 2.05) is 12.1 Å². The van der Waals surface area contributed by atoms with Crippen molar-refractivity contribution in [2.75, 3.05) is 0 Å². The molecule has 2 aromatic heterocycles. The second-order valence-electron chi connectivity index (χ2n) is 11.4. The molecular weight excluding hydrogens is 564 g/mol. The van der Waals surface area contributed by atoms with Crippen LogP contribution >= 0.6 is 0 Å². The molecule has 7 aromatic carbocycles. The Morgan fingerprint density at radius 2 is 0.891 bits per heavy atom. The maximum absolute atomic E-state index is 5.70. The third kappa shape index (κ3) is 4.31. The zero-order valence-corrected chi connectivity index (χ0v) is 24.7. The van der Waals surface area contributed by atoms with E-state index in [4.69, 9.17) is 8.83 Å². The van der Waals surface area contributed by atoms with Crippen LogP contribution in [0.5, 0.6) is 0 Å². The van der Waals surface area contributed by atoms with Gasteiger partial charge in [0.25, 0.3) is 0 Å². The molecule has 0 spiro atoms. The van der Waals surface area contributed by atoms with E-state index in [2.05, 4.69) is 131 Å². The second-order valence-corrected chi connectivity index (χ2v) is 11.4. The SMILES string of the molecule is c1cc(-c2ncco2)cc(-c2c3ccccc3c(-c3cccc(-c4ncco4)c3)c3cc(-c4cccc5ccccc45)ccc23)c1. The van der Waals surface area contributed by atoms with Crippen LogP contribution in [-0.4, -0.2) is 9.97 Å². The summed E-state index contributed by atoms with van der Waals surface area (Å²) < 4.78 is 11.4. The van der Waals surface area contributed by atoms with Crippen molar-refractivity contribution in [1.82, 2.24) is 9.97 Å². The molecule has 2 heterocycles. The van der Waals surface area contributed by atoms with E-state index in [-0.39, 0.29) is 0 Å². The molecule has 0 aliphatic heterocycles. The molecule has 0 aliphatic carbocycles. The minimum absolute atomic E-state index is 0.604. The molecule has 0 saturated carbocycles. The molecule has 4 nitrogen and oxygen atoms in total. The highest BCUT2D eigenvalue weighted by Gasteiger charge is 2.19. The molecule has 4 heteroatoms. The standard InChI is InChI=1S/C42H26N2O2/c1-2-14-33-27(8-1)9-7-17-34(33)28-18-19-37-38(26-28)40(30-11-6-13-32(25-30)42-44-21-23-46-42)36-16-4-3-15-35(36)39(37)29-10-5-12-31(24-29)41-43-20-22-45-41/h1-26H. The summed E-state index contributed by atoms with van der Waals surface area (Å²) in [6, 6.07) is 47.7. The monoisotopic (exact) mass is 590 g/mol. The maximum atomic E-state index is 5.70. The van der Waals surface area contributed by atoms with Crippen molar-refractivity contribution in [3.05, 3.63) is 158 Å². The van der Waals surface area contributed by atoms with Crippen LogP contribution in [0, 0.1) is 0 Å². The molecule has 216 valence electrons. The van der Waals surface area contributed by atoms with Crippen LogP contribution in [0.2, 0.25) is 0 Å². The van der Waals surface area contributed by atoms with E-state index in [1.165, 1.54) is 54.6 Å². The number of hydrogen-bond acceptors (Lipinski definition) is 4. The van der Waals surface area contributed by atoms with Crippen LogP contribution in [0.4, 0.5) is 0 Å². The van der Waals surface area contributed by atoms with Crippen molar-refractivity contribution in [2.45, 2.75) is 0 Å². The molecule has 0 aliphatic rings. The number of rotatable bonds is 5. The first kappa shape index (κ1) is 26.2. The van der Waals surface area contributed by atoms with Crippen LogP contribution in [-0.2, 0) is 0 Å². The largest absolute Gasteiger partial charge is 0.445 e. The van der Waals surface area contributed by atoms with E-state index in [0.29, 0.717) is 11.8 Å². The fraction of sp³-hybridized carbons (Fsp3) is 0. The van der Waals surface area contributed by atoms with Crippen molar-refractivity contribution in [1.29, 1.82) is 0 Å². The Kier molecular flexibility index (Phi) is 6.10. The topological polar surface area (TPSA) is 52.1 Å². The summed E-state index contributed by atoms with van der Waals surface area (Å²) in [6.45, 7) is 0. The first-order valence-corrected chi connectivity index (χ1v) is 15.3. The van der Waals surface area contributed by atoms with Gasteiger partial charge in [-0.15, -0.1) is 0 Å². The summed E-state index contributed by atoms with van der Waals surface area (Å²) in [7, 11) is 0. The molecular formula is C42H26N2O2. The average Bonchev–Trinajstić information content (AvgIpc) is 3.86. The highest BCUT2D eigenvalue weighted by Crippen LogP contribution is 2.46. The summed E-state index contributed by atoms with van der Waals surface area (Å²) in [5.41, 5.74) is 8.82. The molecule has 0 saturated heterocycles. The van der Waals surface area contributed by atoms with Crippen LogP contribution in [0.25, 0.3) is 88.6 Å². The first-order valence-electron chi connectivity index (χ1n) is 15.3. The number of benzene rings is 7. The van der Waals surface area contributed by atoms with Crippen molar-refractivity contribution in [2.24, 2.45) is 0 Å². The van der Waals surface area contributed by atoms with Crippen LogP contribution in [0.15, 0.2) is 167 Å². The maximum Gasteiger partial charge on any atom is 0.225 e. The Balaban J connectivity index is 1.38. The van der Waals surface area contributed by atoms with Gasteiger partial charge in [-0.3, -0.25) is 0 Å². The van der Waals surface area contributed by atoms with Crippen molar-refractivity contribution in [3.63, 3.8) is 0 Å². The molecule has 9 rings (SSSR count). The van der Waals surface area contributed by atoms with Gasteiger partial charge in [0.15, 0.2) is 0 Å². The van der Waals surface area contributed by atoms with Crippen LogP contribution in [0.1, 0.15) is 0 Å². The molecule has 0 atom stereocenters. The predicted molar refractivity (Wildman–Crippen MR) is 186 cm³/mol. The quantitative estimate of drug-likeness (QED) is 0.187. The molecule has 46 heavy (non-hydrogen) atoms. The lowest BCUT2D eigenvalue weighted by Crippen LogP contribution is -1.93. The summed E-state index contributed by atoms with van der Waals surface area (Å²) in [5.74, 6) is 1.21. The van der Waals surface area contributed by atoms with E-state index >= 15 is 0 Å². The van der Waals surface area contributed by atoms with Gasteiger partial charge in [-0.2, -0.15) is 0 Å². The van der Waals surface area contributed by atoms with Gasteiger partial charge in [0.2, 0.25) is 11.8 Å². The lowest BCUT2D eigenvalue weighted by atomic mass is 9.84. The lowest BCUT2D eigenvalue weighted by molar-refractivity contribution is 0.574. The molecule has 0 fully saturated rings. The van der Waals surface area contributed by atoms with Crippen LogP contribution < -0.4 is 0 Å². The van der Waals surface area contributed by atoms with Crippen molar-refractivity contribution >= 4 is 32.3 Å². The molecule has 0 amide bonds. The van der Waals surface area contributed by atoms with Gasteiger partial charge in [0, 0.05) is 11.1 Å². The summed E-state index contributed by atoms with van der Waals surface area (Å²) in [5, 5.41) is 7.15. The Morgan fingerprint density at radius 1 is 0.370 bits per heavy atom. The van der Waals surface area contributed by atoms with Gasteiger partial charge in [-0.25, -0.2) is 9.97 Å². The zero-order valence-electron chi connectivity index (χ0n) is 24.7. The number of fused-ring (bicyclic) bond motifs is 3. The van der Waals surface area contributed by atoms with Crippen LogP contribution in [0.3, 0.4) is 0 Å². The Hall–Kier alpha value is -6.26. The summed E-state index contributed by atoms with van der Waals surface area (Å²) >= 11 is 0. The van der Waals surface area contributed by atoms with Gasteiger partial charge < -0.3 is 8.83 Å². The number of hydrogen-bond donors (Lipinski definition) is 0. The van der Waals surface area contributed by atoms with Gasteiger partial charge in [0.05, 0.1) is 12.4 Å². The Morgan fingerprint density at radius 3 is 1.52 bits per heavy atom. The molecule has 0 N–H and O–H groups in total. The fourth-order valence-electron chi connectivity index (χ4n) is 6.79. The summed E-state index contributed by atoms with van der Waals surface area (Å²) in [6.07, 6.45) is 6.60. The zero-order chi connectivity index (χ0) is 30.5. The molecule has 0 bridgehead atoms.